The van der Waals surface area contributed by atoms with Gasteiger partial charge in [0.2, 0.25) is 5.89 Å². The Labute approximate surface area is 148 Å². The van der Waals surface area contributed by atoms with Gasteiger partial charge in [0.25, 0.3) is 0 Å². The molecule has 0 unspecified atom stereocenters. The van der Waals surface area contributed by atoms with E-state index in [2.05, 4.69) is 20.8 Å². The largest absolute Gasteiger partial charge is 0.377 e. The van der Waals surface area contributed by atoms with Gasteiger partial charge in [0.15, 0.2) is 5.82 Å². The van der Waals surface area contributed by atoms with Crippen LogP contribution in [0.4, 0.5) is 10.5 Å². The highest BCUT2D eigenvalue weighted by molar-refractivity contribution is 5.92. The summed E-state index contributed by atoms with van der Waals surface area (Å²) in [5.41, 5.74) is 2.02. The third-order valence-electron chi connectivity index (χ3n) is 3.94. The second-order valence-electron chi connectivity index (χ2n) is 5.77. The lowest BCUT2D eigenvalue weighted by atomic mass is 10.2. The van der Waals surface area contributed by atoms with E-state index in [-0.39, 0.29) is 18.3 Å². The van der Waals surface area contributed by atoms with E-state index >= 15 is 0 Å². The quantitative estimate of drug-likeness (QED) is 0.671. The lowest BCUT2D eigenvalue weighted by Gasteiger charge is -2.07. The molecule has 10 nitrogen and oxygen atoms in total. The fourth-order valence-corrected chi connectivity index (χ4v) is 2.62. The number of nitrogens with zero attached hydrogens (tertiary/aromatic N) is 4. The van der Waals surface area contributed by atoms with Gasteiger partial charge in [-0.1, -0.05) is 5.16 Å². The number of imidazole rings is 1. The molecule has 3 aromatic rings. The van der Waals surface area contributed by atoms with Crippen molar-refractivity contribution in [2.75, 3.05) is 19.0 Å². The predicted octanol–water partition coefficient (Wildman–Crippen LogP) is 0.771. The number of anilines is 1. The number of carbonyl (C=O) groups excluding carboxylic acids is 1. The molecular formula is C16H20N6O4. The molecule has 2 amide bonds. The summed E-state index contributed by atoms with van der Waals surface area (Å²) in [6.45, 7) is 0.619. The number of methoxy groups -OCH3 is 1. The van der Waals surface area contributed by atoms with Crippen LogP contribution in [0.2, 0.25) is 0 Å². The number of benzene rings is 1. The molecule has 0 aliphatic rings. The molecule has 0 saturated carbocycles. The average molecular weight is 360 g/mol. The van der Waals surface area contributed by atoms with E-state index in [1.807, 2.05) is 0 Å². The predicted molar refractivity (Wildman–Crippen MR) is 93.9 cm³/mol. The molecule has 2 N–H and O–H groups in total. The van der Waals surface area contributed by atoms with Gasteiger partial charge in [-0.25, -0.2) is 9.59 Å². The van der Waals surface area contributed by atoms with Gasteiger partial charge in [-0.15, -0.1) is 0 Å². The van der Waals surface area contributed by atoms with Crippen molar-refractivity contribution < 1.29 is 14.1 Å². The van der Waals surface area contributed by atoms with E-state index in [0.717, 1.165) is 11.0 Å². The van der Waals surface area contributed by atoms with Gasteiger partial charge in [0.05, 0.1) is 11.0 Å². The average Bonchev–Trinajstić information content (AvgIpc) is 3.15. The Balaban J connectivity index is 1.57. The summed E-state index contributed by atoms with van der Waals surface area (Å²) < 4.78 is 13.0. The minimum atomic E-state index is -0.359. The van der Waals surface area contributed by atoms with Gasteiger partial charge >= 0.3 is 11.7 Å². The molecule has 138 valence electrons. The summed E-state index contributed by atoms with van der Waals surface area (Å²) in [5.74, 6) is 0.895. The minimum Gasteiger partial charge on any atom is -0.377 e. The first kappa shape index (κ1) is 17.7. The van der Waals surface area contributed by atoms with E-state index in [9.17, 15) is 9.59 Å². The number of ether oxygens (including phenoxy) is 1. The van der Waals surface area contributed by atoms with Crippen molar-refractivity contribution in [1.82, 2.24) is 24.6 Å². The number of carbonyl (C=O) groups is 1. The van der Waals surface area contributed by atoms with Crippen LogP contribution in [0.25, 0.3) is 11.0 Å². The Morgan fingerprint density at radius 2 is 2.04 bits per heavy atom. The maximum absolute atomic E-state index is 12.0. The van der Waals surface area contributed by atoms with Crippen LogP contribution in [-0.4, -0.2) is 39.0 Å². The van der Waals surface area contributed by atoms with Crippen molar-refractivity contribution >= 4 is 22.8 Å². The summed E-state index contributed by atoms with van der Waals surface area (Å²) in [4.78, 5) is 28.1. The summed E-state index contributed by atoms with van der Waals surface area (Å²) in [5, 5.41) is 9.21. The van der Waals surface area contributed by atoms with Gasteiger partial charge in [-0.2, -0.15) is 4.98 Å². The van der Waals surface area contributed by atoms with Crippen molar-refractivity contribution in [3.05, 3.63) is 40.4 Å². The highest BCUT2D eigenvalue weighted by atomic mass is 16.5. The molecule has 2 heterocycles. The Kier molecular flexibility index (Phi) is 5.03. The molecule has 1 aromatic carbocycles. The van der Waals surface area contributed by atoms with Crippen molar-refractivity contribution in [2.24, 2.45) is 14.1 Å². The molecule has 0 radical (unpaired) electrons. The number of aryl methyl sites for hydroxylation is 2. The standard InChI is InChI=1S/C16H20N6O4/c1-21-11-5-4-10(8-12(11)22(2)16(21)24)18-15(23)17-7-6-14-19-13(9-25-3)20-26-14/h4-5,8H,6-7,9H2,1-3H3,(H2,17,18,23). The Morgan fingerprint density at radius 1 is 1.27 bits per heavy atom. The number of aromatic nitrogens is 4. The number of hydrogen-bond donors (Lipinski definition) is 2. The summed E-state index contributed by atoms with van der Waals surface area (Å²) in [7, 11) is 4.95. The summed E-state index contributed by atoms with van der Waals surface area (Å²) >= 11 is 0. The molecular weight excluding hydrogens is 340 g/mol. The van der Waals surface area contributed by atoms with Gasteiger partial charge in [-0.05, 0) is 18.2 Å². The van der Waals surface area contributed by atoms with E-state index in [4.69, 9.17) is 9.26 Å². The van der Waals surface area contributed by atoms with Gasteiger partial charge in [-0.3, -0.25) is 9.13 Å². The normalized spacial score (nSPS) is 11.0. The van der Waals surface area contributed by atoms with Crippen molar-refractivity contribution in [3.63, 3.8) is 0 Å². The maximum atomic E-state index is 12.0. The number of amides is 2. The van der Waals surface area contributed by atoms with Crippen LogP contribution in [0.5, 0.6) is 0 Å². The molecule has 10 heteroatoms. The highest BCUT2D eigenvalue weighted by Gasteiger charge is 2.10. The molecule has 0 aliphatic heterocycles. The monoisotopic (exact) mass is 360 g/mol. The Morgan fingerprint density at radius 3 is 2.81 bits per heavy atom. The third kappa shape index (κ3) is 3.59. The van der Waals surface area contributed by atoms with Crippen LogP contribution in [0.3, 0.4) is 0 Å². The van der Waals surface area contributed by atoms with Crippen LogP contribution in [-0.2, 0) is 31.9 Å². The SMILES string of the molecule is COCc1noc(CCNC(=O)Nc2ccc3c(c2)n(C)c(=O)n3C)n1. The van der Waals surface area contributed by atoms with Crippen LogP contribution in [0.1, 0.15) is 11.7 Å². The third-order valence-corrected chi connectivity index (χ3v) is 3.94. The fraction of sp³-hybridized carbons (Fsp3) is 0.375. The zero-order valence-corrected chi connectivity index (χ0v) is 14.8. The number of hydrogen-bond acceptors (Lipinski definition) is 6. The number of nitrogens with one attached hydrogen (secondary N) is 2. The maximum Gasteiger partial charge on any atom is 0.328 e. The Bertz CT molecular complexity index is 986. The van der Waals surface area contributed by atoms with E-state index < -0.39 is 0 Å². The first-order valence-corrected chi connectivity index (χ1v) is 8.00. The molecule has 0 fully saturated rings. The van der Waals surface area contributed by atoms with Crippen LogP contribution in [0, 0.1) is 0 Å². The smallest absolute Gasteiger partial charge is 0.328 e. The minimum absolute atomic E-state index is 0.117. The first-order chi connectivity index (χ1) is 12.5. The second kappa shape index (κ2) is 7.40. The number of rotatable bonds is 6. The topological polar surface area (TPSA) is 116 Å². The zero-order chi connectivity index (χ0) is 18.7. The number of fused-ring (bicyclic) bond motifs is 1. The lowest BCUT2D eigenvalue weighted by Crippen LogP contribution is -2.30. The van der Waals surface area contributed by atoms with Gasteiger partial charge in [0.1, 0.15) is 6.61 Å². The van der Waals surface area contributed by atoms with E-state index in [0.29, 0.717) is 30.4 Å². The van der Waals surface area contributed by atoms with Crippen LogP contribution >= 0.6 is 0 Å². The fourth-order valence-electron chi connectivity index (χ4n) is 2.62. The second-order valence-corrected chi connectivity index (χ2v) is 5.77. The molecule has 3 rings (SSSR count). The zero-order valence-electron chi connectivity index (χ0n) is 14.8. The molecule has 0 atom stereocenters. The van der Waals surface area contributed by atoms with Crippen molar-refractivity contribution in [2.45, 2.75) is 13.0 Å². The van der Waals surface area contributed by atoms with Crippen LogP contribution < -0.4 is 16.3 Å². The highest BCUT2D eigenvalue weighted by Crippen LogP contribution is 2.17. The van der Waals surface area contributed by atoms with Crippen molar-refractivity contribution in [3.8, 4) is 0 Å². The van der Waals surface area contributed by atoms with Crippen LogP contribution in [0.15, 0.2) is 27.5 Å². The first-order valence-electron chi connectivity index (χ1n) is 8.00. The molecule has 2 aromatic heterocycles. The molecule has 0 aliphatic carbocycles. The number of urea groups is 1. The van der Waals surface area contributed by atoms with E-state index in [1.54, 1.807) is 44.0 Å². The lowest BCUT2D eigenvalue weighted by molar-refractivity contribution is 0.174. The molecule has 26 heavy (non-hydrogen) atoms. The van der Waals surface area contributed by atoms with Gasteiger partial charge in [0, 0.05) is 39.9 Å². The summed E-state index contributed by atoms with van der Waals surface area (Å²) in [6.07, 6.45) is 0.413. The summed E-state index contributed by atoms with van der Waals surface area (Å²) in [6, 6.07) is 4.94. The molecule has 0 saturated heterocycles. The Hall–Kier alpha value is -3.14. The van der Waals surface area contributed by atoms with Gasteiger partial charge < -0.3 is 19.9 Å². The van der Waals surface area contributed by atoms with Crippen molar-refractivity contribution in [1.29, 1.82) is 0 Å². The van der Waals surface area contributed by atoms with E-state index in [1.165, 1.54) is 4.57 Å². The molecule has 0 spiro atoms. The molecule has 0 bridgehead atoms.